The maximum Gasteiger partial charge on any atom is 0.408 e. The number of nitrogens with two attached hydrogens (primary N) is 1. The second-order valence-electron chi connectivity index (χ2n) is 11.0. The Morgan fingerprint density at radius 2 is 1.47 bits per heavy atom. The SMILES string of the molecule is NC(=O)CCC(NC(=O)OCc1ccccc1)C(=O)CCCOCCOCCNC(=O)CCC(=O)CCc1ccc(-c2nncnn2)cc1. The molecule has 1 heterocycles. The Labute approximate surface area is 284 Å². The van der Waals surface area contributed by atoms with E-state index in [2.05, 4.69) is 31.0 Å². The normalized spacial score (nSPS) is 11.3. The molecule has 262 valence electrons. The summed E-state index contributed by atoms with van der Waals surface area (Å²) in [5, 5.41) is 20.5. The van der Waals surface area contributed by atoms with E-state index in [9.17, 15) is 24.0 Å². The van der Waals surface area contributed by atoms with Gasteiger partial charge in [0.15, 0.2) is 12.1 Å². The Bertz CT molecular complexity index is 1460. The fourth-order valence-electron chi connectivity index (χ4n) is 4.50. The Morgan fingerprint density at radius 3 is 2.18 bits per heavy atom. The van der Waals surface area contributed by atoms with Crippen molar-refractivity contribution < 1.29 is 38.2 Å². The first-order valence-corrected chi connectivity index (χ1v) is 16.1. The van der Waals surface area contributed by atoms with Gasteiger partial charge in [0.2, 0.25) is 17.6 Å². The van der Waals surface area contributed by atoms with Crippen molar-refractivity contribution >= 4 is 29.5 Å². The molecule has 1 atom stereocenters. The van der Waals surface area contributed by atoms with Crippen LogP contribution in [-0.2, 0) is 46.4 Å². The van der Waals surface area contributed by atoms with Crippen LogP contribution in [0.2, 0.25) is 0 Å². The number of primary amides is 1. The smallest absolute Gasteiger partial charge is 0.408 e. The summed E-state index contributed by atoms with van der Waals surface area (Å²) in [5.41, 5.74) is 7.80. The molecule has 3 aromatic rings. The molecular formula is C34H43N7O8. The first-order chi connectivity index (χ1) is 23.8. The summed E-state index contributed by atoms with van der Waals surface area (Å²) in [5.74, 6) is -0.612. The molecule has 3 rings (SSSR count). The fourth-order valence-corrected chi connectivity index (χ4v) is 4.50. The number of hydrogen-bond acceptors (Lipinski definition) is 12. The third-order valence-electron chi connectivity index (χ3n) is 7.17. The first-order valence-electron chi connectivity index (χ1n) is 16.1. The van der Waals surface area contributed by atoms with Crippen LogP contribution < -0.4 is 16.4 Å². The minimum Gasteiger partial charge on any atom is -0.445 e. The highest BCUT2D eigenvalue weighted by atomic mass is 16.5. The maximum atomic E-state index is 12.7. The van der Waals surface area contributed by atoms with E-state index in [1.54, 1.807) is 0 Å². The second-order valence-corrected chi connectivity index (χ2v) is 11.0. The predicted molar refractivity (Wildman–Crippen MR) is 176 cm³/mol. The molecule has 15 heteroatoms. The van der Waals surface area contributed by atoms with E-state index in [0.717, 1.165) is 16.7 Å². The van der Waals surface area contributed by atoms with Crippen molar-refractivity contribution in [2.75, 3.05) is 33.0 Å². The number of amides is 3. The highest BCUT2D eigenvalue weighted by Gasteiger charge is 2.22. The summed E-state index contributed by atoms with van der Waals surface area (Å²) in [6, 6.07) is 15.7. The van der Waals surface area contributed by atoms with Gasteiger partial charge in [-0.3, -0.25) is 19.2 Å². The van der Waals surface area contributed by atoms with Crippen LogP contribution in [0, 0.1) is 0 Å². The van der Waals surface area contributed by atoms with Gasteiger partial charge in [0.05, 0.1) is 25.9 Å². The fraction of sp³-hybridized carbons (Fsp3) is 0.441. The number of rotatable bonds is 24. The van der Waals surface area contributed by atoms with Crippen molar-refractivity contribution in [1.29, 1.82) is 0 Å². The van der Waals surface area contributed by atoms with Gasteiger partial charge >= 0.3 is 6.09 Å². The van der Waals surface area contributed by atoms with Crippen LogP contribution in [0.4, 0.5) is 4.79 Å². The number of ketones is 2. The molecule has 0 aliphatic carbocycles. The van der Waals surface area contributed by atoms with Crippen LogP contribution in [0.15, 0.2) is 60.9 Å². The van der Waals surface area contributed by atoms with Gasteiger partial charge in [0, 0.05) is 50.8 Å². The minimum absolute atomic E-state index is 0.00732. The molecule has 0 fully saturated rings. The molecule has 1 aromatic heterocycles. The monoisotopic (exact) mass is 677 g/mol. The largest absolute Gasteiger partial charge is 0.445 e. The van der Waals surface area contributed by atoms with E-state index < -0.39 is 18.0 Å². The zero-order chi connectivity index (χ0) is 35.1. The number of alkyl carbamates (subject to hydrolysis) is 1. The van der Waals surface area contributed by atoms with Crippen molar-refractivity contribution in [2.45, 2.75) is 64.0 Å². The Balaban J connectivity index is 1.17. The van der Waals surface area contributed by atoms with Crippen molar-refractivity contribution in [3.8, 4) is 11.4 Å². The summed E-state index contributed by atoms with van der Waals surface area (Å²) in [4.78, 5) is 60.5. The van der Waals surface area contributed by atoms with Crippen LogP contribution in [0.25, 0.3) is 11.4 Å². The van der Waals surface area contributed by atoms with Gasteiger partial charge in [-0.2, -0.15) is 0 Å². The standard InChI is InChI=1S/C34H43N7O8/c35-31(44)16-15-29(39-34(46)49-23-26-5-2-1-3-6-26)30(43)7-4-19-47-21-22-48-20-18-36-32(45)17-14-28(42)13-10-25-8-11-27(12-9-25)33-40-37-24-38-41-33/h1-3,5-6,8-9,11-12,24,29H,4,7,10,13-23H2,(H2,35,44)(H,36,45)(H,39,46). The third-order valence-corrected chi connectivity index (χ3v) is 7.17. The summed E-state index contributed by atoms with van der Waals surface area (Å²) in [7, 11) is 0. The Kier molecular flexibility index (Phi) is 17.5. The Morgan fingerprint density at radius 1 is 0.755 bits per heavy atom. The molecule has 3 amide bonds. The lowest BCUT2D eigenvalue weighted by Crippen LogP contribution is -2.41. The van der Waals surface area contributed by atoms with Crippen molar-refractivity contribution in [1.82, 2.24) is 31.0 Å². The lowest BCUT2D eigenvalue weighted by molar-refractivity contribution is -0.125. The average Bonchev–Trinajstić information content (AvgIpc) is 3.12. The quantitative estimate of drug-likeness (QED) is 0.116. The number of nitrogens with one attached hydrogen (secondary N) is 2. The van der Waals surface area contributed by atoms with Crippen molar-refractivity contribution in [3.63, 3.8) is 0 Å². The Hall–Kier alpha value is -5.15. The van der Waals surface area contributed by atoms with E-state index in [0.29, 0.717) is 51.5 Å². The zero-order valence-electron chi connectivity index (χ0n) is 27.4. The topological polar surface area (TPSA) is 215 Å². The van der Waals surface area contributed by atoms with Gasteiger partial charge in [0.1, 0.15) is 12.4 Å². The van der Waals surface area contributed by atoms with Gasteiger partial charge < -0.3 is 30.6 Å². The molecule has 2 aromatic carbocycles. The first kappa shape index (κ1) is 38.3. The minimum atomic E-state index is -0.899. The summed E-state index contributed by atoms with van der Waals surface area (Å²) in [6.45, 7) is 1.52. The molecular weight excluding hydrogens is 634 g/mol. The molecule has 4 N–H and O–H groups in total. The van der Waals surface area contributed by atoms with Crippen LogP contribution in [0.5, 0.6) is 0 Å². The third kappa shape index (κ3) is 16.5. The highest BCUT2D eigenvalue weighted by molar-refractivity contribution is 5.88. The number of carbonyl (C=O) groups excluding carboxylic acids is 5. The van der Waals surface area contributed by atoms with Gasteiger partial charge in [-0.05, 0) is 30.4 Å². The number of nitrogens with zero attached hydrogens (tertiary/aromatic N) is 4. The van der Waals surface area contributed by atoms with Crippen molar-refractivity contribution in [3.05, 3.63) is 72.1 Å². The zero-order valence-corrected chi connectivity index (χ0v) is 27.4. The van der Waals surface area contributed by atoms with Gasteiger partial charge in [-0.25, -0.2) is 4.79 Å². The average molecular weight is 678 g/mol. The molecule has 1 unspecified atom stereocenters. The molecule has 15 nitrogen and oxygen atoms in total. The van der Waals surface area contributed by atoms with E-state index in [1.165, 1.54) is 6.33 Å². The number of benzene rings is 2. The molecule has 0 bridgehead atoms. The number of hydrogen-bond donors (Lipinski definition) is 3. The second kappa shape index (κ2) is 22.4. The summed E-state index contributed by atoms with van der Waals surface area (Å²) in [6.07, 6.45) is 2.25. The van der Waals surface area contributed by atoms with Gasteiger partial charge in [-0.15, -0.1) is 20.4 Å². The number of ether oxygens (including phenoxy) is 3. The predicted octanol–water partition coefficient (Wildman–Crippen LogP) is 2.27. The number of aromatic nitrogens is 4. The van der Waals surface area contributed by atoms with Crippen LogP contribution >= 0.6 is 0 Å². The van der Waals surface area contributed by atoms with E-state index >= 15 is 0 Å². The van der Waals surface area contributed by atoms with E-state index in [4.69, 9.17) is 19.9 Å². The molecule has 0 saturated heterocycles. The van der Waals surface area contributed by atoms with Crippen LogP contribution in [-0.4, -0.2) is 88.9 Å². The molecule has 0 aliphatic rings. The number of Topliss-reactive ketones (excluding diaryl/α,β-unsaturated/α-hetero) is 2. The van der Waals surface area contributed by atoms with Crippen LogP contribution in [0.3, 0.4) is 0 Å². The number of aryl methyl sites for hydroxylation is 1. The maximum absolute atomic E-state index is 12.7. The van der Waals surface area contributed by atoms with E-state index in [1.807, 2.05) is 54.6 Å². The molecule has 0 saturated carbocycles. The lowest BCUT2D eigenvalue weighted by atomic mass is 10.0. The van der Waals surface area contributed by atoms with Crippen LogP contribution in [0.1, 0.15) is 56.1 Å². The molecule has 0 aliphatic heterocycles. The number of carbonyl (C=O) groups is 5. The molecule has 0 radical (unpaired) electrons. The molecule has 0 spiro atoms. The van der Waals surface area contributed by atoms with Crippen molar-refractivity contribution in [2.24, 2.45) is 5.73 Å². The lowest BCUT2D eigenvalue weighted by Gasteiger charge is -2.17. The van der Waals surface area contributed by atoms with Gasteiger partial charge in [-0.1, -0.05) is 54.6 Å². The van der Waals surface area contributed by atoms with Gasteiger partial charge in [0.25, 0.3) is 0 Å². The highest BCUT2D eigenvalue weighted by Crippen LogP contribution is 2.15. The summed E-state index contributed by atoms with van der Waals surface area (Å²) < 4.78 is 16.1. The molecule has 49 heavy (non-hydrogen) atoms. The summed E-state index contributed by atoms with van der Waals surface area (Å²) >= 11 is 0. The van der Waals surface area contributed by atoms with E-state index in [-0.39, 0.29) is 62.8 Å².